The summed E-state index contributed by atoms with van der Waals surface area (Å²) in [6.07, 6.45) is 7.76. The van der Waals surface area contributed by atoms with Crippen molar-refractivity contribution in [1.29, 1.82) is 0 Å². The fourth-order valence-corrected chi connectivity index (χ4v) is 7.07. The van der Waals surface area contributed by atoms with E-state index in [2.05, 4.69) is 40.1 Å². The van der Waals surface area contributed by atoms with E-state index in [0.29, 0.717) is 26.4 Å². The first-order chi connectivity index (χ1) is 15.2. The van der Waals surface area contributed by atoms with Gasteiger partial charge < -0.3 is 14.6 Å². The first kappa shape index (κ1) is 21.8. The molecule has 1 aromatic rings. The fraction of sp³-hybridized carbons (Fsp3) is 0.769. The molecule has 5 fully saturated rings. The number of β-amino-alcohol motifs (C(OH)–C–C–N with tert-alkyl or cyclic N) is 1. The molecule has 6 rings (SSSR count). The SMILES string of the molecule is O[C@@H](COCCOC12CC3CC(CC(C3)C1)C2)CN1CCN(Cc2ccccc2)CC1. The highest BCUT2D eigenvalue weighted by molar-refractivity contribution is 5.14. The number of aliphatic hydroxyl groups excluding tert-OH is 1. The molecule has 1 N–H and O–H groups in total. The number of nitrogens with zero attached hydrogens (tertiary/aromatic N) is 2. The third kappa shape index (κ3) is 5.69. The first-order valence-corrected chi connectivity index (χ1v) is 12.5. The summed E-state index contributed by atoms with van der Waals surface area (Å²) in [6.45, 7) is 7.55. The molecule has 1 atom stereocenters. The second-order valence-corrected chi connectivity index (χ2v) is 10.7. The standard InChI is InChI=1S/C26H40N2O3/c29-25(19-28-8-6-27(7-9-28)18-21-4-2-1-3-5-21)20-30-10-11-31-26-15-22-12-23(16-26)14-24(13-22)17-26/h1-5,22-25,29H,6-20H2/t22?,23?,24?,25-,26?/m1/s1. The summed E-state index contributed by atoms with van der Waals surface area (Å²) in [5, 5.41) is 10.4. The monoisotopic (exact) mass is 428 g/mol. The van der Waals surface area contributed by atoms with Gasteiger partial charge in [-0.2, -0.15) is 0 Å². The minimum Gasteiger partial charge on any atom is -0.389 e. The van der Waals surface area contributed by atoms with Crippen molar-refractivity contribution in [2.24, 2.45) is 17.8 Å². The number of rotatable bonds is 10. The third-order valence-corrected chi connectivity index (χ3v) is 8.11. The minimum atomic E-state index is -0.416. The molecule has 1 aliphatic heterocycles. The Morgan fingerprint density at radius 3 is 2.13 bits per heavy atom. The number of benzene rings is 1. The van der Waals surface area contributed by atoms with Crippen molar-refractivity contribution >= 4 is 0 Å². The molecule has 1 aromatic carbocycles. The Kier molecular flexibility index (Phi) is 6.96. The van der Waals surface area contributed by atoms with Gasteiger partial charge in [0.05, 0.1) is 31.5 Å². The van der Waals surface area contributed by atoms with Crippen LogP contribution >= 0.6 is 0 Å². The van der Waals surface area contributed by atoms with Gasteiger partial charge in [0.15, 0.2) is 0 Å². The molecule has 31 heavy (non-hydrogen) atoms. The lowest BCUT2D eigenvalue weighted by Crippen LogP contribution is -2.52. The number of aliphatic hydroxyl groups is 1. The zero-order chi connectivity index (χ0) is 21.1. The second kappa shape index (κ2) is 9.88. The van der Waals surface area contributed by atoms with Crippen LogP contribution in [0.1, 0.15) is 44.1 Å². The van der Waals surface area contributed by atoms with Crippen molar-refractivity contribution in [1.82, 2.24) is 9.80 Å². The average molecular weight is 429 g/mol. The van der Waals surface area contributed by atoms with E-state index in [1.165, 1.54) is 44.1 Å². The minimum absolute atomic E-state index is 0.163. The Labute approximate surface area is 187 Å². The summed E-state index contributed by atoms with van der Waals surface area (Å²) in [6, 6.07) is 10.7. The Hall–Kier alpha value is -0.980. The first-order valence-electron chi connectivity index (χ1n) is 12.5. The van der Waals surface area contributed by atoms with Gasteiger partial charge in [0.25, 0.3) is 0 Å². The normalized spacial score (nSPS) is 34.3. The van der Waals surface area contributed by atoms with E-state index < -0.39 is 6.10 Å². The van der Waals surface area contributed by atoms with Crippen LogP contribution in [0.15, 0.2) is 30.3 Å². The Balaban J connectivity index is 0.941. The molecule has 4 aliphatic carbocycles. The molecule has 4 bridgehead atoms. The summed E-state index contributed by atoms with van der Waals surface area (Å²) in [4.78, 5) is 4.86. The molecule has 5 nitrogen and oxygen atoms in total. The van der Waals surface area contributed by atoms with Crippen molar-refractivity contribution < 1.29 is 14.6 Å². The number of ether oxygens (including phenoxy) is 2. The fourth-order valence-electron chi connectivity index (χ4n) is 7.07. The van der Waals surface area contributed by atoms with Crippen LogP contribution in [0.5, 0.6) is 0 Å². The van der Waals surface area contributed by atoms with Crippen LogP contribution in [-0.4, -0.2) is 79.2 Å². The van der Waals surface area contributed by atoms with Gasteiger partial charge >= 0.3 is 0 Å². The lowest BCUT2D eigenvalue weighted by molar-refractivity contribution is -0.170. The van der Waals surface area contributed by atoms with Gasteiger partial charge in [0, 0.05) is 39.3 Å². The lowest BCUT2D eigenvalue weighted by Gasteiger charge is -2.56. The van der Waals surface area contributed by atoms with Crippen molar-refractivity contribution in [3.05, 3.63) is 35.9 Å². The van der Waals surface area contributed by atoms with Crippen LogP contribution < -0.4 is 0 Å². The van der Waals surface area contributed by atoms with Gasteiger partial charge in [-0.05, 0) is 61.8 Å². The van der Waals surface area contributed by atoms with E-state index in [-0.39, 0.29) is 5.60 Å². The maximum atomic E-state index is 10.4. The Bertz CT molecular complexity index is 654. The third-order valence-electron chi connectivity index (χ3n) is 8.11. The van der Waals surface area contributed by atoms with Crippen LogP contribution in [0.25, 0.3) is 0 Å². The van der Waals surface area contributed by atoms with E-state index >= 15 is 0 Å². The van der Waals surface area contributed by atoms with E-state index in [4.69, 9.17) is 9.47 Å². The average Bonchev–Trinajstić information content (AvgIpc) is 2.75. The maximum Gasteiger partial charge on any atom is 0.0900 e. The Morgan fingerprint density at radius 2 is 1.48 bits per heavy atom. The number of hydrogen-bond donors (Lipinski definition) is 1. The van der Waals surface area contributed by atoms with E-state index in [1.54, 1.807) is 0 Å². The second-order valence-electron chi connectivity index (χ2n) is 10.7. The molecule has 0 unspecified atom stereocenters. The van der Waals surface area contributed by atoms with Crippen LogP contribution in [0.3, 0.4) is 0 Å². The van der Waals surface area contributed by atoms with E-state index in [9.17, 15) is 5.11 Å². The van der Waals surface area contributed by atoms with Gasteiger partial charge in [-0.25, -0.2) is 0 Å². The molecular formula is C26H40N2O3. The zero-order valence-electron chi connectivity index (χ0n) is 19.0. The highest BCUT2D eigenvalue weighted by atomic mass is 16.5. The summed E-state index contributed by atoms with van der Waals surface area (Å²) in [7, 11) is 0. The predicted molar refractivity (Wildman–Crippen MR) is 122 cm³/mol. The zero-order valence-corrected chi connectivity index (χ0v) is 19.0. The molecule has 0 spiro atoms. The van der Waals surface area contributed by atoms with E-state index in [1.807, 2.05) is 0 Å². The van der Waals surface area contributed by atoms with Crippen molar-refractivity contribution in [2.45, 2.75) is 56.8 Å². The molecule has 0 amide bonds. The topological polar surface area (TPSA) is 45.2 Å². The van der Waals surface area contributed by atoms with Crippen LogP contribution in [0.2, 0.25) is 0 Å². The lowest BCUT2D eigenvalue weighted by atomic mass is 9.54. The van der Waals surface area contributed by atoms with Gasteiger partial charge in [0.1, 0.15) is 0 Å². The van der Waals surface area contributed by atoms with Crippen LogP contribution in [0.4, 0.5) is 0 Å². The van der Waals surface area contributed by atoms with Crippen molar-refractivity contribution in [3.8, 4) is 0 Å². The molecule has 0 aromatic heterocycles. The largest absolute Gasteiger partial charge is 0.389 e. The van der Waals surface area contributed by atoms with Crippen LogP contribution in [0, 0.1) is 17.8 Å². The summed E-state index contributed by atoms with van der Waals surface area (Å²) in [5.74, 6) is 2.76. The van der Waals surface area contributed by atoms with Gasteiger partial charge in [-0.1, -0.05) is 30.3 Å². The van der Waals surface area contributed by atoms with Gasteiger partial charge in [0.2, 0.25) is 0 Å². The molecule has 1 heterocycles. The van der Waals surface area contributed by atoms with Crippen LogP contribution in [-0.2, 0) is 16.0 Å². The molecule has 1 saturated heterocycles. The number of piperazine rings is 1. The maximum absolute atomic E-state index is 10.4. The van der Waals surface area contributed by atoms with E-state index in [0.717, 1.165) is 50.5 Å². The highest BCUT2D eigenvalue weighted by Gasteiger charge is 2.51. The molecule has 4 saturated carbocycles. The Morgan fingerprint density at radius 1 is 0.871 bits per heavy atom. The summed E-state index contributed by atoms with van der Waals surface area (Å²) in [5.41, 5.74) is 1.54. The molecule has 172 valence electrons. The van der Waals surface area contributed by atoms with Gasteiger partial charge in [-0.15, -0.1) is 0 Å². The van der Waals surface area contributed by atoms with Crippen molar-refractivity contribution in [3.63, 3.8) is 0 Å². The molecule has 0 radical (unpaired) electrons. The summed E-state index contributed by atoms with van der Waals surface area (Å²) >= 11 is 0. The smallest absolute Gasteiger partial charge is 0.0900 e. The predicted octanol–water partition coefficient (Wildman–Crippen LogP) is 3.17. The summed E-state index contributed by atoms with van der Waals surface area (Å²) < 4.78 is 12.2. The molecule has 5 heteroatoms. The van der Waals surface area contributed by atoms with Gasteiger partial charge in [-0.3, -0.25) is 9.80 Å². The quantitative estimate of drug-likeness (QED) is 0.580. The number of hydrogen-bond acceptors (Lipinski definition) is 5. The molecule has 5 aliphatic rings. The highest BCUT2D eigenvalue weighted by Crippen LogP contribution is 2.57. The van der Waals surface area contributed by atoms with Crippen molar-refractivity contribution in [2.75, 3.05) is 52.5 Å². The molecular weight excluding hydrogens is 388 g/mol.